The first-order chi connectivity index (χ1) is 12.7. The lowest BCUT2D eigenvalue weighted by Gasteiger charge is -2.12. The number of carbonyl (C=O) groups excluding carboxylic acids is 1. The molecule has 2 aromatic carbocycles. The van der Waals surface area contributed by atoms with Crippen LogP contribution in [0.15, 0.2) is 65.8 Å². The molecule has 6 nitrogen and oxygen atoms in total. The minimum Gasteiger partial charge on any atom is -0.338 e. The van der Waals surface area contributed by atoms with Crippen molar-refractivity contribution in [1.29, 1.82) is 0 Å². The Balaban J connectivity index is 1.79. The molecule has 0 bridgehead atoms. The van der Waals surface area contributed by atoms with Crippen molar-refractivity contribution in [2.75, 3.05) is 18.9 Å². The molecule has 3 rings (SSSR count). The summed E-state index contributed by atoms with van der Waals surface area (Å²) < 4.78 is 0. The number of carbonyl (C=O) groups is 1. The number of aliphatic imine (C=N–C) groups is 1. The molecule has 6 heteroatoms. The molecule has 3 N–H and O–H groups in total. The number of hydrogen-bond acceptors (Lipinski definition) is 3. The Bertz CT molecular complexity index is 929. The van der Waals surface area contributed by atoms with Crippen LogP contribution in [0.4, 0.5) is 10.5 Å². The van der Waals surface area contributed by atoms with E-state index < -0.39 is 0 Å². The molecule has 0 atom stereocenters. The van der Waals surface area contributed by atoms with Gasteiger partial charge in [0.1, 0.15) is 0 Å². The van der Waals surface area contributed by atoms with Crippen LogP contribution in [0.3, 0.4) is 0 Å². The summed E-state index contributed by atoms with van der Waals surface area (Å²) in [7, 11) is 1.62. The predicted molar refractivity (Wildman–Crippen MR) is 106 cm³/mol. The summed E-state index contributed by atoms with van der Waals surface area (Å²) in [4.78, 5) is 20.2. The number of benzene rings is 2. The normalized spacial score (nSPS) is 11.2. The third kappa shape index (κ3) is 3.97. The fraction of sp³-hybridized carbons (Fsp3) is 0.150. The van der Waals surface area contributed by atoms with E-state index in [1.165, 1.54) is 0 Å². The largest absolute Gasteiger partial charge is 0.338 e. The smallest absolute Gasteiger partial charge is 0.321 e. The molecule has 0 unspecified atom stereocenters. The Morgan fingerprint density at radius 2 is 1.85 bits per heavy atom. The highest BCUT2D eigenvalue weighted by molar-refractivity contribution is 6.03. The minimum absolute atomic E-state index is 0.293. The third-order valence-corrected chi connectivity index (χ3v) is 3.88. The molecule has 132 valence electrons. The SMILES string of the molecule is CCNC(=O)NC(=NC)Nc1ccc(-c2cccc3cccnc23)cc1. The van der Waals surface area contributed by atoms with E-state index >= 15 is 0 Å². The van der Waals surface area contributed by atoms with Crippen LogP contribution < -0.4 is 16.0 Å². The van der Waals surface area contributed by atoms with E-state index in [-0.39, 0.29) is 6.03 Å². The lowest BCUT2D eigenvalue weighted by molar-refractivity contribution is 0.246. The van der Waals surface area contributed by atoms with Crippen molar-refractivity contribution in [3.05, 3.63) is 60.8 Å². The van der Waals surface area contributed by atoms with Gasteiger partial charge in [0.15, 0.2) is 0 Å². The molecule has 1 heterocycles. The Labute approximate surface area is 152 Å². The number of amides is 2. The van der Waals surface area contributed by atoms with E-state index in [0.29, 0.717) is 12.5 Å². The molecule has 0 saturated heterocycles. The molecular weight excluding hydrogens is 326 g/mol. The maximum Gasteiger partial charge on any atom is 0.321 e. The van der Waals surface area contributed by atoms with Gasteiger partial charge in [0.25, 0.3) is 0 Å². The monoisotopic (exact) mass is 347 g/mol. The van der Waals surface area contributed by atoms with Gasteiger partial charge in [0.05, 0.1) is 5.52 Å². The van der Waals surface area contributed by atoms with Crippen LogP contribution in [0.25, 0.3) is 22.0 Å². The van der Waals surface area contributed by atoms with Crippen molar-refractivity contribution in [2.45, 2.75) is 6.92 Å². The number of nitrogens with zero attached hydrogens (tertiary/aromatic N) is 2. The zero-order valence-corrected chi connectivity index (χ0v) is 14.8. The van der Waals surface area contributed by atoms with Crippen molar-refractivity contribution in [1.82, 2.24) is 15.6 Å². The van der Waals surface area contributed by atoms with Crippen LogP contribution in [0.5, 0.6) is 0 Å². The first kappa shape index (κ1) is 17.4. The van der Waals surface area contributed by atoms with Gasteiger partial charge < -0.3 is 10.6 Å². The molecule has 0 spiro atoms. The van der Waals surface area contributed by atoms with Gasteiger partial charge >= 0.3 is 6.03 Å². The van der Waals surface area contributed by atoms with Gasteiger partial charge in [-0.05, 0) is 30.7 Å². The zero-order chi connectivity index (χ0) is 18.4. The number of aromatic nitrogens is 1. The van der Waals surface area contributed by atoms with Gasteiger partial charge in [-0.15, -0.1) is 0 Å². The second-order valence-corrected chi connectivity index (χ2v) is 5.64. The highest BCUT2D eigenvalue weighted by atomic mass is 16.2. The maximum absolute atomic E-state index is 11.6. The summed E-state index contributed by atoms with van der Waals surface area (Å²) in [5.41, 5.74) is 3.97. The lowest BCUT2D eigenvalue weighted by Crippen LogP contribution is -2.42. The summed E-state index contributed by atoms with van der Waals surface area (Å²) in [5, 5.41) is 9.54. The molecule has 3 aromatic rings. The quantitative estimate of drug-likeness (QED) is 0.500. The minimum atomic E-state index is -0.293. The highest BCUT2D eigenvalue weighted by Crippen LogP contribution is 2.27. The first-order valence-corrected chi connectivity index (χ1v) is 8.44. The van der Waals surface area contributed by atoms with Gasteiger partial charge in [0, 0.05) is 36.4 Å². The molecular formula is C20H21N5O. The highest BCUT2D eigenvalue weighted by Gasteiger charge is 2.07. The van der Waals surface area contributed by atoms with E-state index in [1.54, 1.807) is 13.2 Å². The van der Waals surface area contributed by atoms with Gasteiger partial charge in [0.2, 0.25) is 5.96 Å². The summed E-state index contributed by atoms with van der Waals surface area (Å²) in [6.07, 6.45) is 1.80. The number of nitrogens with one attached hydrogen (secondary N) is 3. The van der Waals surface area contributed by atoms with Crippen molar-refractivity contribution in [2.24, 2.45) is 4.99 Å². The fourth-order valence-electron chi connectivity index (χ4n) is 2.66. The number of rotatable bonds is 3. The molecule has 0 saturated carbocycles. The Hall–Kier alpha value is -3.41. The predicted octanol–water partition coefficient (Wildman–Crippen LogP) is 3.62. The van der Waals surface area contributed by atoms with Gasteiger partial charge in [-0.2, -0.15) is 0 Å². The third-order valence-electron chi connectivity index (χ3n) is 3.88. The first-order valence-electron chi connectivity index (χ1n) is 8.44. The fourth-order valence-corrected chi connectivity index (χ4v) is 2.66. The summed E-state index contributed by atoms with van der Waals surface area (Å²) >= 11 is 0. The van der Waals surface area contributed by atoms with Crippen LogP contribution >= 0.6 is 0 Å². The molecule has 2 amide bonds. The molecule has 0 radical (unpaired) electrons. The molecule has 0 fully saturated rings. The topological polar surface area (TPSA) is 78.4 Å². The number of guanidine groups is 1. The Morgan fingerprint density at radius 3 is 2.58 bits per heavy atom. The average molecular weight is 347 g/mol. The molecule has 0 aliphatic carbocycles. The number of fused-ring (bicyclic) bond motifs is 1. The van der Waals surface area contributed by atoms with E-state index in [4.69, 9.17) is 0 Å². The lowest BCUT2D eigenvalue weighted by atomic mass is 10.0. The van der Waals surface area contributed by atoms with Crippen molar-refractivity contribution in [3.8, 4) is 11.1 Å². The second kappa shape index (κ2) is 8.11. The molecule has 0 aliphatic rings. The van der Waals surface area contributed by atoms with Crippen LogP contribution in [-0.2, 0) is 0 Å². The Morgan fingerprint density at radius 1 is 1.08 bits per heavy atom. The molecule has 26 heavy (non-hydrogen) atoms. The van der Waals surface area contributed by atoms with E-state index in [9.17, 15) is 4.79 Å². The maximum atomic E-state index is 11.6. The number of hydrogen-bond donors (Lipinski definition) is 3. The number of anilines is 1. The van der Waals surface area contributed by atoms with Crippen LogP contribution in [-0.4, -0.2) is 30.6 Å². The number of pyridine rings is 1. The molecule has 0 aliphatic heterocycles. The summed E-state index contributed by atoms with van der Waals surface area (Å²) in [6.45, 7) is 2.41. The van der Waals surface area contributed by atoms with E-state index in [2.05, 4.69) is 44.1 Å². The van der Waals surface area contributed by atoms with Crippen LogP contribution in [0, 0.1) is 0 Å². The number of urea groups is 1. The van der Waals surface area contributed by atoms with Crippen molar-refractivity contribution >= 4 is 28.6 Å². The van der Waals surface area contributed by atoms with Crippen molar-refractivity contribution in [3.63, 3.8) is 0 Å². The number of para-hydroxylation sites is 1. The summed E-state index contributed by atoms with van der Waals surface area (Å²) in [6, 6.07) is 17.8. The Kier molecular flexibility index (Phi) is 5.43. The molecule has 1 aromatic heterocycles. The van der Waals surface area contributed by atoms with E-state index in [1.807, 2.05) is 43.3 Å². The summed E-state index contributed by atoms with van der Waals surface area (Å²) in [5.74, 6) is 0.385. The average Bonchev–Trinajstić information content (AvgIpc) is 2.68. The van der Waals surface area contributed by atoms with Gasteiger partial charge in [-0.1, -0.05) is 36.4 Å². The van der Waals surface area contributed by atoms with Gasteiger partial charge in [-0.3, -0.25) is 15.3 Å². The second-order valence-electron chi connectivity index (χ2n) is 5.64. The zero-order valence-electron chi connectivity index (χ0n) is 14.8. The van der Waals surface area contributed by atoms with Gasteiger partial charge in [-0.25, -0.2) is 4.79 Å². The van der Waals surface area contributed by atoms with Crippen molar-refractivity contribution < 1.29 is 4.79 Å². The van der Waals surface area contributed by atoms with Crippen LogP contribution in [0.1, 0.15) is 6.92 Å². The van der Waals surface area contributed by atoms with E-state index in [0.717, 1.165) is 27.7 Å². The standard InChI is InChI=1S/C20H21N5O/c1-3-22-20(26)25-19(21-2)24-16-11-9-14(10-12-16)17-8-4-6-15-7-5-13-23-18(15)17/h4-13H,3H2,1-2H3,(H3,21,22,24,25,26). The van der Waals surface area contributed by atoms with Crippen LogP contribution in [0.2, 0.25) is 0 Å².